The van der Waals surface area contributed by atoms with Crippen LogP contribution in [0.25, 0.3) is 0 Å². The van der Waals surface area contributed by atoms with E-state index >= 15 is 0 Å². The quantitative estimate of drug-likeness (QED) is 0.775. The van der Waals surface area contributed by atoms with Gasteiger partial charge in [0.1, 0.15) is 6.61 Å². The van der Waals surface area contributed by atoms with Crippen molar-refractivity contribution in [2.24, 2.45) is 11.1 Å². The first kappa shape index (κ1) is 19.2. The zero-order chi connectivity index (χ0) is 15.3. The Kier molecular flexibility index (Phi) is 7.59. The Morgan fingerprint density at radius 1 is 1.27 bits per heavy atom. The SMILES string of the molecule is COCC(=O)N1CCC(NC(=O)C2(CN)CCCC2)CC1.Cl. The largest absolute Gasteiger partial charge is 0.375 e. The number of nitrogens with one attached hydrogen (secondary N) is 1. The van der Waals surface area contributed by atoms with Gasteiger partial charge in [-0.15, -0.1) is 12.4 Å². The molecule has 2 fully saturated rings. The highest BCUT2D eigenvalue weighted by atomic mass is 35.5. The summed E-state index contributed by atoms with van der Waals surface area (Å²) in [6.45, 7) is 1.93. The van der Waals surface area contributed by atoms with Gasteiger partial charge in [0.2, 0.25) is 11.8 Å². The number of ether oxygens (including phenoxy) is 1. The Morgan fingerprint density at radius 3 is 2.36 bits per heavy atom. The smallest absolute Gasteiger partial charge is 0.248 e. The summed E-state index contributed by atoms with van der Waals surface area (Å²) in [4.78, 5) is 26.0. The molecule has 2 aliphatic rings. The Hall–Kier alpha value is -0.850. The molecule has 0 atom stereocenters. The van der Waals surface area contributed by atoms with Crippen molar-refractivity contribution in [1.29, 1.82) is 0 Å². The van der Waals surface area contributed by atoms with Gasteiger partial charge >= 0.3 is 0 Å². The van der Waals surface area contributed by atoms with E-state index in [1.807, 2.05) is 0 Å². The second-order valence-electron chi connectivity index (χ2n) is 6.25. The lowest BCUT2D eigenvalue weighted by atomic mass is 9.84. The van der Waals surface area contributed by atoms with Gasteiger partial charge < -0.3 is 20.7 Å². The zero-order valence-corrected chi connectivity index (χ0v) is 14.1. The topological polar surface area (TPSA) is 84.7 Å². The predicted molar refractivity (Wildman–Crippen MR) is 86.8 cm³/mol. The predicted octanol–water partition coefficient (Wildman–Crippen LogP) is 0.681. The lowest BCUT2D eigenvalue weighted by molar-refractivity contribution is -0.136. The van der Waals surface area contributed by atoms with Crippen molar-refractivity contribution in [3.05, 3.63) is 0 Å². The summed E-state index contributed by atoms with van der Waals surface area (Å²) in [5.41, 5.74) is 5.50. The third-order valence-corrected chi connectivity index (χ3v) is 4.88. The molecule has 1 aliphatic carbocycles. The minimum absolute atomic E-state index is 0. The van der Waals surface area contributed by atoms with Crippen LogP contribution in [-0.2, 0) is 14.3 Å². The number of halogens is 1. The van der Waals surface area contributed by atoms with Crippen LogP contribution in [-0.4, -0.2) is 56.1 Å². The van der Waals surface area contributed by atoms with Crippen molar-refractivity contribution in [2.75, 3.05) is 33.4 Å². The van der Waals surface area contributed by atoms with Crippen LogP contribution < -0.4 is 11.1 Å². The number of amides is 2. The van der Waals surface area contributed by atoms with E-state index in [2.05, 4.69) is 5.32 Å². The highest BCUT2D eigenvalue weighted by molar-refractivity contribution is 5.85. The molecule has 1 aliphatic heterocycles. The molecule has 7 heteroatoms. The standard InChI is InChI=1S/C15H27N3O3.ClH/c1-21-10-13(19)18-8-4-12(5-9-18)17-14(20)15(11-16)6-2-3-7-15;/h12H,2-11,16H2,1H3,(H,17,20);1H. The van der Waals surface area contributed by atoms with Crippen molar-refractivity contribution in [1.82, 2.24) is 10.2 Å². The summed E-state index contributed by atoms with van der Waals surface area (Å²) < 4.78 is 4.87. The molecular formula is C15H28ClN3O3. The first-order valence-electron chi connectivity index (χ1n) is 7.89. The number of hydrogen-bond donors (Lipinski definition) is 2. The number of methoxy groups -OCH3 is 1. The van der Waals surface area contributed by atoms with Crippen LogP contribution in [0.4, 0.5) is 0 Å². The molecule has 0 radical (unpaired) electrons. The summed E-state index contributed by atoms with van der Waals surface area (Å²) in [5.74, 6) is 0.140. The van der Waals surface area contributed by atoms with Crippen LogP contribution in [0.15, 0.2) is 0 Å². The second kappa shape index (κ2) is 8.70. The molecule has 128 valence electrons. The lowest BCUT2D eigenvalue weighted by Crippen LogP contribution is -2.52. The average Bonchev–Trinajstić information content (AvgIpc) is 2.98. The highest BCUT2D eigenvalue weighted by Gasteiger charge is 2.40. The van der Waals surface area contributed by atoms with Crippen LogP contribution in [0, 0.1) is 5.41 Å². The third kappa shape index (κ3) is 4.33. The first-order chi connectivity index (χ1) is 10.1. The van der Waals surface area contributed by atoms with E-state index < -0.39 is 0 Å². The molecular weight excluding hydrogens is 306 g/mol. The number of carbonyl (C=O) groups excluding carboxylic acids is 2. The van der Waals surface area contributed by atoms with Crippen molar-refractivity contribution < 1.29 is 14.3 Å². The molecule has 0 spiro atoms. The van der Waals surface area contributed by atoms with Crippen LogP contribution in [0.2, 0.25) is 0 Å². The number of nitrogens with zero attached hydrogens (tertiary/aromatic N) is 1. The van der Waals surface area contributed by atoms with Gasteiger partial charge in [0.15, 0.2) is 0 Å². The second-order valence-corrected chi connectivity index (χ2v) is 6.25. The molecule has 3 N–H and O–H groups in total. The fourth-order valence-corrected chi connectivity index (χ4v) is 3.40. The van der Waals surface area contributed by atoms with E-state index in [-0.39, 0.29) is 42.3 Å². The van der Waals surface area contributed by atoms with Gasteiger partial charge in [-0.25, -0.2) is 0 Å². The average molecular weight is 334 g/mol. The van der Waals surface area contributed by atoms with Gasteiger partial charge in [-0.1, -0.05) is 12.8 Å². The molecule has 2 rings (SSSR count). The maximum atomic E-state index is 12.5. The van der Waals surface area contributed by atoms with Crippen molar-refractivity contribution in [3.8, 4) is 0 Å². The van der Waals surface area contributed by atoms with Crippen LogP contribution in [0.1, 0.15) is 38.5 Å². The summed E-state index contributed by atoms with van der Waals surface area (Å²) >= 11 is 0. The molecule has 0 aromatic rings. The Balaban J connectivity index is 0.00000242. The number of hydrogen-bond acceptors (Lipinski definition) is 4. The molecule has 0 bridgehead atoms. The minimum atomic E-state index is -0.344. The summed E-state index contributed by atoms with van der Waals surface area (Å²) in [7, 11) is 1.53. The molecule has 22 heavy (non-hydrogen) atoms. The van der Waals surface area contributed by atoms with Gasteiger partial charge in [-0.05, 0) is 25.7 Å². The summed E-state index contributed by atoms with van der Waals surface area (Å²) in [6, 6.07) is 0.160. The van der Waals surface area contributed by atoms with Gasteiger partial charge in [0.25, 0.3) is 0 Å². The number of rotatable bonds is 5. The van der Waals surface area contributed by atoms with E-state index in [0.29, 0.717) is 19.6 Å². The van der Waals surface area contributed by atoms with Crippen LogP contribution in [0.3, 0.4) is 0 Å². The molecule has 1 saturated heterocycles. The van der Waals surface area contributed by atoms with Gasteiger partial charge in [-0.2, -0.15) is 0 Å². The van der Waals surface area contributed by atoms with E-state index in [0.717, 1.165) is 38.5 Å². The third-order valence-electron chi connectivity index (χ3n) is 4.88. The zero-order valence-electron chi connectivity index (χ0n) is 13.3. The van der Waals surface area contributed by atoms with Gasteiger partial charge in [0, 0.05) is 32.8 Å². The Bertz CT molecular complexity index is 378. The van der Waals surface area contributed by atoms with Crippen molar-refractivity contribution in [3.63, 3.8) is 0 Å². The Morgan fingerprint density at radius 2 is 1.86 bits per heavy atom. The van der Waals surface area contributed by atoms with Crippen molar-refractivity contribution >= 4 is 24.2 Å². The number of nitrogens with two attached hydrogens (primary N) is 1. The fraction of sp³-hybridized carbons (Fsp3) is 0.867. The minimum Gasteiger partial charge on any atom is -0.375 e. The number of carbonyl (C=O) groups is 2. The van der Waals surface area contributed by atoms with Crippen molar-refractivity contribution in [2.45, 2.75) is 44.6 Å². The Labute approximate surface area is 138 Å². The fourth-order valence-electron chi connectivity index (χ4n) is 3.40. The first-order valence-corrected chi connectivity index (χ1v) is 7.89. The van der Waals surface area contributed by atoms with E-state index in [4.69, 9.17) is 10.5 Å². The number of piperidine rings is 1. The van der Waals surface area contributed by atoms with Gasteiger partial charge in [-0.3, -0.25) is 9.59 Å². The normalized spacial score (nSPS) is 21.3. The van der Waals surface area contributed by atoms with Crippen LogP contribution in [0.5, 0.6) is 0 Å². The molecule has 1 heterocycles. The monoisotopic (exact) mass is 333 g/mol. The highest BCUT2D eigenvalue weighted by Crippen LogP contribution is 2.37. The molecule has 1 saturated carbocycles. The maximum absolute atomic E-state index is 12.5. The van der Waals surface area contributed by atoms with Gasteiger partial charge in [0.05, 0.1) is 5.41 Å². The van der Waals surface area contributed by atoms with E-state index in [9.17, 15) is 9.59 Å². The lowest BCUT2D eigenvalue weighted by Gasteiger charge is -2.35. The molecule has 0 aromatic carbocycles. The summed E-state index contributed by atoms with van der Waals surface area (Å²) in [6.07, 6.45) is 5.61. The number of likely N-dealkylation sites (tertiary alicyclic amines) is 1. The van der Waals surface area contributed by atoms with E-state index in [1.54, 1.807) is 4.90 Å². The molecule has 6 nitrogen and oxygen atoms in total. The molecule has 0 aromatic heterocycles. The molecule has 0 unspecified atom stereocenters. The maximum Gasteiger partial charge on any atom is 0.248 e. The summed E-state index contributed by atoms with van der Waals surface area (Å²) in [5, 5.41) is 3.16. The van der Waals surface area contributed by atoms with Crippen LogP contribution >= 0.6 is 12.4 Å². The molecule has 2 amide bonds. The van der Waals surface area contributed by atoms with E-state index in [1.165, 1.54) is 7.11 Å².